The third-order valence-electron chi connectivity index (χ3n) is 4.30. The van der Waals surface area contributed by atoms with Crippen molar-refractivity contribution < 1.29 is 4.39 Å². The average molecular weight is 346 g/mol. The van der Waals surface area contributed by atoms with Gasteiger partial charge >= 0.3 is 0 Å². The van der Waals surface area contributed by atoms with E-state index in [0.717, 1.165) is 20.3 Å². The molecule has 25 heavy (non-hydrogen) atoms. The first-order chi connectivity index (χ1) is 12.2. The zero-order valence-electron chi connectivity index (χ0n) is 12.9. The number of pyridine rings is 1. The topological polar surface area (TPSA) is 34.9 Å². The summed E-state index contributed by atoms with van der Waals surface area (Å²) < 4.78 is 17.1. The van der Waals surface area contributed by atoms with Crippen molar-refractivity contribution in [2.45, 2.75) is 0 Å². The summed E-state index contributed by atoms with van der Waals surface area (Å²) in [6, 6.07) is 15.8. The van der Waals surface area contributed by atoms with E-state index >= 15 is 0 Å². The van der Waals surface area contributed by atoms with Crippen molar-refractivity contribution in [3.8, 4) is 5.82 Å². The van der Waals surface area contributed by atoms with Gasteiger partial charge < -0.3 is 4.57 Å². The van der Waals surface area contributed by atoms with Gasteiger partial charge in [-0.2, -0.15) is 0 Å². The minimum absolute atomic E-state index is 0.157. The van der Waals surface area contributed by atoms with Crippen LogP contribution in [-0.4, -0.2) is 9.55 Å². The molecule has 0 spiro atoms. The number of aromatic nitrogens is 2. The van der Waals surface area contributed by atoms with Gasteiger partial charge in [-0.05, 0) is 36.4 Å². The van der Waals surface area contributed by atoms with Crippen molar-refractivity contribution in [1.29, 1.82) is 0 Å². The summed E-state index contributed by atoms with van der Waals surface area (Å²) in [7, 11) is 0. The minimum Gasteiger partial charge on any atom is -0.307 e. The molecular formula is C20H11FN2OS. The zero-order valence-corrected chi connectivity index (χ0v) is 13.8. The smallest absolute Gasteiger partial charge is 0.196 e. The molecule has 5 heteroatoms. The average Bonchev–Trinajstić information content (AvgIpc) is 3.16. The van der Waals surface area contributed by atoms with Crippen LogP contribution in [0.3, 0.4) is 0 Å². The number of rotatable bonds is 1. The molecule has 0 radical (unpaired) electrons. The number of hydrogen-bond donors (Lipinski definition) is 0. The first-order valence-corrected chi connectivity index (χ1v) is 8.62. The molecule has 0 N–H and O–H groups in total. The van der Waals surface area contributed by atoms with Crippen molar-refractivity contribution in [2.24, 2.45) is 0 Å². The Labute approximate surface area is 145 Å². The molecule has 0 atom stereocenters. The summed E-state index contributed by atoms with van der Waals surface area (Å²) in [6.07, 6.45) is 3.81. The van der Waals surface area contributed by atoms with Crippen LogP contribution in [0.5, 0.6) is 0 Å². The Bertz CT molecular complexity index is 1320. The van der Waals surface area contributed by atoms with Crippen LogP contribution in [0.15, 0.2) is 71.8 Å². The Hall–Kier alpha value is -3.05. The highest BCUT2D eigenvalue weighted by molar-refractivity contribution is 7.25. The highest BCUT2D eigenvalue weighted by atomic mass is 32.1. The van der Waals surface area contributed by atoms with E-state index in [4.69, 9.17) is 4.98 Å². The summed E-state index contributed by atoms with van der Waals surface area (Å²) >= 11 is 1.46. The molecule has 5 rings (SSSR count). The Kier molecular flexibility index (Phi) is 2.99. The molecule has 3 aromatic heterocycles. The number of benzene rings is 2. The van der Waals surface area contributed by atoms with Gasteiger partial charge in [0, 0.05) is 27.9 Å². The maximum atomic E-state index is 13.7. The van der Waals surface area contributed by atoms with E-state index in [2.05, 4.69) is 0 Å². The lowest BCUT2D eigenvalue weighted by molar-refractivity contribution is 0.630. The van der Waals surface area contributed by atoms with Crippen LogP contribution in [0.4, 0.5) is 4.39 Å². The molecule has 0 aliphatic rings. The molecule has 0 saturated carbocycles. The lowest BCUT2D eigenvalue weighted by atomic mass is 10.1. The van der Waals surface area contributed by atoms with Crippen LogP contribution in [-0.2, 0) is 0 Å². The van der Waals surface area contributed by atoms with Crippen molar-refractivity contribution in [1.82, 2.24) is 9.55 Å². The Morgan fingerprint density at radius 3 is 2.60 bits per heavy atom. The van der Waals surface area contributed by atoms with Crippen LogP contribution < -0.4 is 5.43 Å². The quantitative estimate of drug-likeness (QED) is 0.320. The molecule has 3 heterocycles. The van der Waals surface area contributed by atoms with Crippen LogP contribution in [0.25, 0.3) is 36.9 Å². The number of hydrogen-bond acceptors (Lipinski definition) is 3. The molecule has 0 aliphatic heterocycles. The van der Waals surface area contributed by atoms with Crippen molar-refractivity contribution in [3.63, 3.8) is 0 Å². The van der Waals surface area contributed by atoms with E-state index in [-0.39, 0.29) is 5.43 Å². The monoisotopic (exact) mass is 346 g/mol. The first-order valence-electron chi connectivity index (χ1n) is 7.80. The normalized spacial score (nSPS) is 11.6. The van der Waals surface area contributed by atoms with Crippen molar-refractivity contribution >= 4 is 42.4 Å². The number of nitrogens with zero attached hydrogens (tertiary/aromatic N) is 2. The Morgan fingerprint density at radius 2 is 1.76 bits per heavy atom. The summed E-state index contributed by atoms with van der Waals surface area (Å²) in [4.78, 5) is 18.0. The summed E-state index contributed by atoms with van der Waals surface area (Å²) in [5.74, 6) is 0.312. The Balaban J connectivity index is 2.09. The molecule has 0 fully saturated rings. The Morgan fingerprint density at radius 1 is 0.960 bits per heavy atom. The van der Waals surface area contributed by atoms with Crippen LogP contribution in [0.2, 0.25) is 0 Å². The summed E-state index contributed by atoms with van der Waals surface area (Å²) in [5.41, 5.74) is 0.592. The molecule has 0 aliphatic carbocycles. The second-order valence-electron chi connectivity index (χ2n) is 5.82. The van der Waals surface area contributed by atoms with E-state index < -0.39 is 5.82 Å². The number of para-hydroxylation sites is 1. The maximum Gasteiger partial charge on any atom is 0.196 e. The van der Waals surface area contributed by atoms with E-state index in [0.29, 0.717) is 16.6 Å². The standard InChI is InChI=1S/C20H11FN2OS/c21-12-7-8-16-14(11-12)18(24)17-13-5-1-2-6-15(13)22-20(19(17)25-16)23-9-3-4-10-23/h1-11H. The van der Waals surface area contributed by atoms with Crippen LogP contribution in [0.1, 0.15) is 0 Å². The third-order valence-corrected chi connectivity index (χ3v) is 5.47. The van der Waals surface area contributed by atoms with Gasteiger partial charge in [-0.1, -0.05) is 18.2 Å². The fraction of sp³-hybridized carbons (Fsp3) is 0. The lowest BCUT2D eigenvalue weighted by Crippen LogP contribution is -2.06. The number of fused-ring (bicyclic) bond motifs is 4. The van der Waals surface area contributed by atoms with Gasteiger partial charge in [0.05, 0.1) is 15.6 Å². The predicted molar refractivity (Wildman–Crippen MR) is 100 cm³/mol. The molecule has 0 amide bonds. The third kappa shape index (κ3) is 2.09. The lowest BCUT2D eigenvalue weighted by Gasteiger charge is -2.10. The van der Waals surface area contributed by atoms with Gasteiger partial charge in [0.1, 0.15) is 5.82 Å². The van der Waals surface area contributed by atoms with Gasteiger partial charge in [-0.3, -0.25) is 4.79 Å². The second kappa shape index (κ2) is 5.22. The largest absolute Gasteiger partial charge is 0.307 e. The number of halogens is 1. The molecule has 2 aromatic carbocycles. The molecule has 3 nitrogen and oxygen atoms in total. The SMILES string of the molecule is O=c1c2cc(F)ccc2sc2c(-n3cccc3)nc3ccccc3c12. The van der Waals surface area contributed by atoms with Gasteiger partial charge in [0.2, 0.25) is 0 Å². The fourth-order valence-electron chi connectivity index (χ4n) is 3.17. The minimum atomic E-state index is -0.403. The summed E-state index contributed by atoms with van der Waals surface area (Å²) in [5, 5.41) is 1.80. The highest BCUT2D eigenvalue weighted by Crippen LogP contribution is 2.33. The van der Waals surface area contributed by atoms with E-state index in [1.165, 1.54) is 23.5 Å². The predicted octanol–water partition coefficient (Wildman–Crippen LogP) is 4.89. The van der Waals surface area contributed by atoms with E-state index in [9.17, 15) is 9.18 Å². The van der Waals surface area contributed by atoms with Gasteiger partial charge in [0.15, 0.2) is 11.2 Å². The zero-order chi connectivity index (χ0) is 17.0. The molecular weight excluding hydrogens is 335 g/mol. The molecule has 5 aromatic rings. The molecule has 0 unspecified atom stereocenters. The molecule has 120 valence electrons. The van der Waals surface area contributed by atoms with Crippen LogP contribution >= 0.6 is 11.3 Å². The summed E-state index contributed by atoms with van der Waals surface area (Å²) in [6.45, 7) is 0. The van der Waals surface area contributed by atoms with Crippen molar-refractivity contribution in [2.75, 3.05) is 0 Å². The first kappa shape index (κ1) is 14.3. The highest BCUT2D eigenvalue weighted by Gasteiger charge is 2.16. The van der Waals surface area contributed by atoms with Crippen molar-refractivity contribution in [3.05, 3.63) is 83.0 Å². The van der Waals surface area contributed by atoms with Gasteiger partial charge in [0.25, 0.3) is 0 Å². The molecule has 0 saturated heterocycles. The van der Waals surface area contributed by atoms with Gasteiger partial charge in [-0.15, -0.1) is 11.3 Å². The second-order valence-corrected chi connectivity index (χ2v) is 6.87. The van der Waals surface area contributed by atoms with Crippen LogP contribution in [0, 0.1) is 5.82 Å². The maximum absolute atomic E-state index is 13.7. The molecule has 0 bridgehead atoms. The van der Waals surface area contributed by atoms with E-state index in [1.54, 1.807) is 6.07 Å². The van der Waals surface area contributed by atoms with E-state index in [1.807, 2.05) is 53.4 Å². The van der Waals surface area contributed by atoms with Gasteiger partial charge in [-0.25, -0.2) is 9.37 Å². The fourth-order valence-corrected chi connectivity index (χ4v) is 4.33.